The summed E-state index contributed by atoms with van der Waals surface area (Å²) in [6, 6.07) is 9.87. The predicted octanol–water partition coefficient (Wildman–Crippen LogP) is 0.114. The van der Waals surface area contributed by atoms with Gasteiger partial charge in [0.2, 0.25) is 0 Å². The SMILES string of the molecule is CC(CCc1ccccc1)NC(=O)COC(=O)Cn1cnc2c1c(=O)n(C)c(=O)n2C. The van der Waals surface area contributed by atoms with Gasteiger partial charge in [0.25, 0.3) is 11.5 Å². The van der Waals surface area contributed by atoms with Crippen LogP contribution in [-0.2, 0) is 41.4 Å². The van der Waals surface area contributed by atoms with E-state index >= 15 is 0 Å². The number of amides is 1. The molecule has 0 aliphatic heterocycles. The number of ether oxygens (including phenoxy) is 1. The molecule has 2 heterocycles. The Morgan fingerprint density at radius 3 is 2.55 bits per heavy atom. The Morgan fingerprint density at radius 1 is 1.13 bits per heavy atom. The maximum atomic E-state index is 12.4. The van der Waals surface area contributed by atoms with Crippen LogP contribution < -0.4 is 16.6 Å². The summed E-state index contributed by atoms with van der Waals surface area (Å²) in [6.07, 6.45) is 2.87. The summed E-state index contributed by atoms with van der Waals surface area (Å²) in [5, 5.41) is 2.80. The third-order valence-electron chi connectivity index (χ3n) is 5.00. The van der Waals surface area contributed by atoms with Crippen molar-refractivity contribution in [2.75, 3.05) is 6.61 Å². The molecule has 0 saturated heterocycles. The van der Waals surface area contributed by atoms with Gasteiger partial charge in [0, 0.05) is 20.1 Å². The third-order valence-corrected chi connectivity index (χ3v) is 5.00. The highest BCUT2D eigenvalue weighted by molar-refractivity contribution is 5.81. The second-order valence-corrected chi connectivity index (χ2v) is 7.40. The number of fused-ring (bicyclic) bond motifs is 1. The summed E-state index contributed by atoms with van der Waals surface area (Å²) in [6.45, 7) is 1.17. The Balaban J connectivity index is 1.53. The number of nitrogens with zero attached hydrogens (tertiary/aromatic N) is 4. The Labute approximate surface area is 178 Å². The van der Waals surface area contributed by atoms with E-state index in [1.54, 1.807) is 0 Å². The molecule has 0 aliphatic carbocycles. The van der Waals surface area contributed by atoms with Gasteiger partial charge in [0.1, 0.15) is 6.54 Å². The summed E-state index contributed by atoms with van der Waals surface area (Å²) in [4.78, 5) is 52.6. The zero-order chi connectivity index (χ0) is 22.5. The number of hydrogen-bond donors (Lipinski definition) is 1. The maximum absolute atomic E-state index is 12.4. The van der Waals surface area contributed by atoms with Crippen LogP contribution in [0.4, 0.5) is 0 Å². The Hall–Kier alpha value is -3.69. The van der Waals surface area contributed by atoms with Crippen molar-refractivity contribution in [3.8, 4) is 0 Å². The van der Waals surface area contributed by atoms with Crippen molar-refractivity contribution in [2.24, 2.45) is 14.1 Å². The van der Waals surface area contributed by atoms with Crippen molar-refractivity contribution >= 4 is 23.0 Å². The Bertz CT molecular complexity index is 1210. The summed E-state index contributed by atoms with van der Waals surface area (Å²) in [5.74, 6) is -1.09. The largest absolute Gasteiger partial charge is 0.454 e. The molecule has 164 valence electrons. The van der Waals surface area contributed by atoms with E-state index in [9.17, 15) is 19.2 Å². The highest BCUT2D eigenvalue weighted by Crippen LogP contribution is 2.06. The normalized spacial score (nSPS) is 12.0. The lowest BCUT2D eigenvalue weighted by atomic mass is 10.1. The van der Waals surface area contributed by atoms with Crippen molar-refractivity contribution in [3.63, 3.8) is 0 Å². The standard InChI is InChI=1S/C21H25N5O5/c1-14(9-10-15-7-5-4-6-8-15)23-16(27)12-31-17(28)11-26-13-22-19-18(26)20(29)25(3)21(30)24(19)2/h4-8,13-14H,9-12H2,1-3H3,(H,23,27). The highest BCUT2D eigenvalue weighted by Gasteiger charge is 2.17. The first-order valence-electron chi connectivity index (χ1n) is 9.87. The first kappa shape index (κ1) is 22.0. The summed E-state index contributed by atoms with van der Waals surface area (Å²) in [5.41, 5.74) is 0.398. The molecular weight excluding hydrogens is 402 g/mol. The van der Waals surface area contributed by atoms with Crippen LogP contribution in [-0.4, -0.2) is 43.2 Å². The summed E-state index contributed by atoms with van der Waals surface area (Å²) < 4.78 is 8.51. The van der Waals surface area contributed by atoms with E-state index in [-0.39, 0.29) is 23.8 Å². The zero-order valence-corrected chi connectivity index (χ0v) is 17.7. The number of esters is 1. The number of aryl methyl sites for hydroxylation is 2. The molecule has 1 atom stereocenters. The summed E-state index contributed by atoms with van der Waals surface area (Å²) >= 11 is 0. The fourth-order valence-electron chi connectivity index (χ4n) is 3.26. The van der Waals surface area contributed by atoms with Crippen molar-refractivity contribution in [3.05, 3.63) is 63.1 Å². The average molecular weight is 427 g/mol. The fourth-order valence-corrected chi connectivity index (χ4v) is 3.26. The lowest BCUT2D eigenvalue weighted by molar-refractivity contribution is -0.149. The minimum absolute atomic E-state index is 0.0756. The van der Waals surface area contributed by atoms with E-state index in [1.165, 1.54) is 35.1 Å². The zero-order valence-electron chi connectivity index (χ0n) is 17.7. The topological polar surface area (TPSA) is 117 Å². The van der Waals surface area contributed by atoms with E-state index < -0.39 is 29.7 Å². The average Bonchev–Trinajstić information content (AvgIpc) is 3.17. The van der Waals surface area contributed by atoms with Gasteiger partial charge in [0.15, 0.2) is 17.8 Å². The van der Waals surface area contributed by atoms with E-state index in [0.717, 1.165) is 17.4 Å². The number of carbonyl (C=O) groups excluding carboxylic acids is 2. The van der Waals surface area contributed by atoms with E-state index in [4.69, 9.17) is 4.74 Å². The van der Waals surface area contributed by atoms with Crippen LogP contribution in [0.1, 0.15) is 18.9 Å². The molecule has 1 N–H and O–H groups in total. The smallest absolute Gasteiger partial charge is 0.332 e. The van der Waals surface area contributed by atoms with Crippen molar-refractivity contribution in [2.45, 2.75) is 32.4 Å². The monoisotopic (exact) mass is 427 g/mol. The second-order valence-electron chi connectivity index (χ2n) is 7.40. The highest BCUT2D eigenvalue weighted by atomic mass is 16.5. The van der Waals surface area contributed by atoms with Crippen molar-refractivity contribution in [1.29, 1.82) is 0 Å². The van der Waals surface area contributed by atoms with E-state index in [2.05, 4.69) is 10.3 Å². The van der Waals surface area contributed by atoms with Gasteiger partial charge in [-0.25, -0.2) is 9.78 Å². The third kappa shape index (κ3) is 5.08. The molecule has 1 aromatic carbocycles. The van der Waals surface area contributed by atoms with Gasteiger partial charge in [0.05, 0.1) is 6.33 Å². The second kappa shape index (κ2) is 9.41. The van der Waals surface area contributed by atoms with E-state index in [0.29, 0.717) is 0 Å². The molecule has 0 spiro atoms. The minimum atomic E-state index is -0.692. The van der Waals surface area contributed by atoms with Gasteiger partial charge in [-0.05, 0) is 25.3 Å². The lowest BCUT2D eigenvalue weighted by Gasteiger charge is -2.14. The van der Waals surface area contributed by atoms with Gasteiger partial charge in [-0.1, -0.05) is 30.3 Å². The van der Waals surface area contributed by atoms with Gasteiger partial charge in [-0.15, -0.1) is 0 Å². The quantitative estimate of drug-likeness (QED) is 0.510. The van der Waals surface area contributed by atoms with Crippen LogP contribution in [0.25, 0.3) is 11.2 Å². The van der Waals surface area contributed by atoms with Crippen LogP contribution in [0, 0.1) is 0 Å². The van der Waals surface area contributed by atoms with Crippen LogP contribution in [0.5, 0.6) is 0 Å². The predicted molar refractivity (Wildman–Crippen MR) is 114 cm³/mol. The molecule has 31 heavy (non-hydrogen) atoms. The van der Waals surface area contributed by atoms with Crippen LogP contribution in [0.3, 0.4) is 0 Å². The summed E-state index contributed by atoms with van der Waals surface area (Å²) in [7, 11) is 2.84. The molecule has 10 nitrogen and oxygen atoms in total. The Morgan fingerprint density at radius 2 is 1.84 bits per heavy atom. The molecular formula is C21H25N5O5. The van der Waals surface area contributed by atoms with E-state index in [1.807, 2.05) is 37.3 Å². The Kier molecular flexibility index (Phi) is 6.68. The van der Waals surface area contributed by atoms with Gasteiger partial charge < -0.3 is 14.6 Å². The van der Waals surface area contributed by atoms with Crippen LogP contribution in [0.2, 0.25) is 0 Å². The minimum Gasteiger partial charge on any atom is -0.454 e. The van der Waals surface area contributed by atoms with Crippen LogP contribution >= 0.6 is 0 Å². The van der Waals surface area contributed by atoms with Crippen molar-refractivity contribution < 1.29 is 14.3 Å². The number of hydrogen-bond acceptors (Lipinski definition) is 6. The molecule has 0 radical (unpaired) electrons. The number of imidazole rings is 1. The molecule has 0 saturated carbocycles. The number of rotatable bonds is 8. The molecule has 1 amide bonds. The number of aromatic nitrogens is 4. The number of benzene rings is 1. The lowest BCUT2D eigenvalue weighted by Crippen LogP contribution is -2.38. The molecule has 0 aliphatic rings. The number of carbonyl (C=O) groups is 2. The van der Waals surface area contributed by atoms with Gasteiger partial charge in [-0.3, -0.25) is 23.5 Å². The fraction of sp³-hybridized carbons (Fsp3) is 0.381. The molecule has 1 unspecified atom stereocenters. The van der Waals surface area contributed by atoms with Gasteiger partial charge in [-0.2, -0.15) is 0 Å². The first-order valence-corrected chi connectivity index (χ1v) is 9.87. The van der Waals surface area contributed by atoms with Crippen LogP contribution in [0.15, 0.2) is 46.2 Å². The number of nitrogens with one attached hydrogen (secondary N) is 1. The first-order chi connectivity index (χ1) is 14.8. The maximum Gasteiger partial charge on any atom is 0.332 e. The van der Waals surface area contributed by atoms with Gasteiger partial charge >= 0.3 is 11.7 Å². The molecule has 0 bridgehead atoms. The molecule has 2 aromatic heterocycles. The molecule has 10 heteroatoms. The van der Waals surface area contributed by atoms with Crippen molar-refractivity contribution in [1.82, 2.24) is 24.0 Å². The molecule has 0 fully saturated rings. The molecule has 3 aromatic rings. The molecule has 3 rings (SSSR count).